The van der Waals surface area contributed by atoms with E-state index in [1.165, 1.54) is 18.2 Å². The number of ketones is 1. The summed E-state index contributed by atoms with van der Waals surface area (Å²) < 4.78 is 0. The number of halogens is 1. The number of benzene rings is 2. The Hall–Kier alpha value is -3.44. The molecular weight excluding hydrogens is 364 g/mol. The highest BCUT2D eigenvalue weighted by Gasteiger charge is 2.10. The number of carbonyl (C=O) groups is 2. The first-order chi connectivity index (χ1) is 13.0. The molecule has 1 heterocycles. The van der Waals surface area contributed by atoms with Crippen LogP contribution in [0.3, 0.4) is 0 Å². The molecule has 0 amide bonds. The maximum atomic E-state index is 12.6. The molecule has 3 rings (SSSR count). The summed E-state index contributed by atoms with van der Waals surface area (Å²) in [5.74, 6) is -0.609. The Bertz CT molecular complexity index is 1000. The van der Waals surface area contributed by atoms with Gasteiger partial charge in [0.25, 0.3) is 0 Å². The maximum Gasteiger partial charge on any atom is 0.335 e. The van der Waals surface area contributed by atoms with Crippen LogP contribution in [0.25, 0.3) is 6.08 Å². The number of allylic oxidation sites excluding steroid dienone is 1. The molecule has 3 aromatic rings. The third-order valence-electron chi connectivity index (χ3n) is 3.76. The first kappa shape index (κ1) is 18.4. The van der Waals surface area contributed by atoms with E-state index in [0.29, 0.717) is 22.1 Å². The Morgan fingerprint density at radius 2 is 1.81 bits per heavy atom. The third-order valence-corrected chi connectivity index (χ3v) is 3.99. The van der Waals surface area contributed by atoms with E-state index >= 15 is 0 Å². The van der Waals surface area contributed by atoms with E-state index in [9.17, 15) is 9.59 Å². The number of pyridine rings is 1. The summed E-state index contributed by atoms with van der Waals surface area (Å²) in [5.41, 5.74) is 1.92. The van der Waals surface area contributed by atoms with Crippen molar-refractivity contribution in [3.05, 3.63) is 94.6 Å². The van der Waals surface area contributed by atoms with Crippen LogP contribution in [0.4, 0.5) is 11.5 Å². The fourth-order valence-corrected chi connectivity index (χ4v) is 2.58. The molecule has 27 heavy (non-hydrogen) atoms. The van der Waals surface area contributed by atoms with E-state index in [0.717, 1.165) is 5.56 Å². The zero-order chi connectivity index (χ0) is 19.2. The van der Waals surface area contributed by atoms with Gasteiger partial charge in [0, 0.05) is 16.8 Å². The molecule has 0 saturated carbocycles. The van der Waals surface area contributed by atoms with Gasteiger partial charge < -0.3 is 10.4 Å². The van der Waals surface area contributed by atoms with Crippen LogP contribution in [0, 0.1) is 0 Å². The molecule has 2 N–H and O–H groups in total. The number of carboxylic acids is 1. The topological polar surface area (TPSA) is 79.3 Å². The van der Waals surface area contributed by atoms with Crippen molar-refractivity contribution in [1.82, 2.24) is 4.98 Å². The van der Waals surface area contributed by atoms with Gasteiger partial charge in [-0.05, 0) is 54.1 Å². The number of anilines is 2. The van der Waals surface area contributed by atoms with Gasteiger partial charge in [0.2, 0.25) is 0 Å². The second-order valence-electron chi connectivity index (χ2n) is 5.65. The molecule has 0 bridgehead atoms. The van der Waals surface area contributed by atoms with Crippen LogP contribution in [-0.4, -0.2) is 21.8 Å². The average Bonchev–Trinajstić information content (AvgIpc) is 2.67. The smallest absolute Gasteiger partial charge is 0.335 e. The highest BCUT2D eigenvalue weighted by molar-refractivity contribution is 6.31. The molecule has 0 atom stereocenters. The molecule has 0 unspecified atom stereocenters. The summed E-state index contributed by atoms with van der Waals surface area (Å²) in [5, 5.41) is 12.5. The van der Waals surface area contributed by atoms with Gasteiger partial charge in [0.15, 0.2) is 5.78 Å². The maximum absolute atomic E-state index is 12.6. The lowest BCUT2D eigenvalue weighted by molar-refractivity contribution is 0.0696. The predicted molar refractivity (Wildman–Crippen MR) is 106 cm³/mol. The minimum absolute atomic E-state index is 0.193. The van der Waals surface area contributed by atoms with Gasteiger partial charge in [0.1, 0.15) is 5.82 Å². The Kier molecular flexibility index (Phi) is 5.64. The van der Waals surface area contributed by atoms with Crippen LogP contribution >= 0.6 is 11.6 Å². The molecule has 0 aliphatic carbocycles. The molecule has 134 valence electrons. The van der Waals surface area contributed by atoms with Crippen LogP contribution < -0.4 is 5.32 Å². The van der Waals surface area contributed by atoms with Crippen LogP contribution in [0.2, 0.25) is 5.02 Å². The summed E-state index contributed by atoms with van der Waals surface area (Å²) in [6.45, 7) is 0. The fourth-order valence-electron chi connectivity index (χ4n) is 2.41. The number of hydrogen-bond acceptors (Lipinski definition) is 4. The molecule has 0 radical (unpaired) electrons. The molecule has 0 saturated heterocycles. The standard InChI is InChI=1S/C21H15ClN2O3/c22-16-9-10-17(18(13-16)24-20-3-1-2-12-23-20)19(25)11-6-14-4-7-15(8-5-14)21(26)27/h1-13H,(H,23,24)(H,26,27)/b11-6+. The highest BCUT2D eigenvalue weighted by atomic mass is 35.5. The van der Waals surface area contributed by atoms with Gasteiger partial charge in [-0.3, -0.25) is 4.79 Å². The first-order valence-electron chi connectivity index (χ1n) is 8.06. The number of aromatic nitrogens is 1. The zero-order valence-corrected chi connectivity index (χ0v) is 14.9. The minimum Gasteiger partial charge on any atom is -0.478 e. The van der Waals surface area contributed by atoms with E-state index in [4.69, 9.17) is 16.7 Å². The van der Waals surface area contributed by atoms with Gasteiger partial charge in [-0.1, -0.05) is 35.9 Å². The summed E-state index contributed by atoms with van der Waals surface area (Å²) in [6, 6.07) is 16.6. The minimum atomic E-state index is -0.993. The van der Waals surface area contributed by atoms with E-state index < -0.39 is 5.97 Å². The van der Waals surface area contributed by atoms with Gasteiger partial charge in [-0.2, -0.15) is 0 Å². The lowest BCUT2D eigenvalue weighted by Crippen LogP contribution is -2.02. The molecule has 2 aromatic carbocycles. The number of nitrogens with zero attached hydrogens (tertiary/aromatic N) is 1. The first-order valence-corrected chi connectivity index (χ1v) is 8.44. The highest BCUT2D eigenvalue weighted by Crippen LogP contribution is 2.25. The van der Waals surface area contributed by atoms with E-state index in [-0.39, 0.29) is 11.3 Å². The van der Waals surface area contributed by atoms with Gasteiger partial charge >= 0.3 is 5.97 Å². The summed E-state index contributed by atoms with van der Waals surface area (Å²) in [6.07, 6.45) is 4.71. The predicted octanol–water partition coefficient (Wildman–Crippen LogP) is 5.07. The van der Waals surface area contributed by atoms with Crippen LogP contribution in [0.15, 0.2) is 72.9 Å². The monoisotopic (exact) mass is 378 g/mol. The second-order valence-corrected chi connectivity index (χ2v) is 6.09. The Morgan fingerprint density at radius 1 is 1.04 bits per heavy atom. The molecular formula is C21H15ClN2O3. The van der Waals surface area contributed by atoms with E-state index in [1.54, 1.807) is 54.7 Å². The Labute approximate surface area is 161 Å². The molecule has 0 spiro atoms. The number of nitrogens with one attached hydrogen (secondary N) is 1. The largest absolute Gasteiger partial charge is 0.478 e. The fraction of sp³-hybridized carbons (Fsp3) is 0. The van der Waals surface area contributed by atoms with E-state index in [2.05, 4.69) is 10.3 Å². The van der Waals surface area contributed by atoms with Crippen molar-refractivity contribution >= 4 is 40.9 Å². The second kappa shape index (κ2) is 8.29. The Morgan fingerprint density at radius 3 is 2.48 bits per heavy atom. The number of rotatable bonds is 6. The van der Waals surface area contributed by atoms with Gasteiger partial charge in [-0.15, -0.1) is 0 Å². The number of hydrogen-bond donors (Lipinski definition) is 2. The van der Waals surface area contributed by atoms with Crippen molar-refractivity contribution in [2.24, 2.45) is 0 Å². The van der Waals surface area contributed by atoms with Crippen molar-refractivity contribution in [1.29, 1.82) is 0 Å². The van der Waals surface area contributed by atoms with Crippen LogP contribution in [0.5, 0.6) is 0 Å². The Balaban J connectivity index is 1.82. The average molecular weight is 379 g/mol. The lowest BCUT2D eigenvalue weighted by Gasteiger charge is -2.10. The van der Waals surface area contributed by atoms with Crippen LogP contribution in [-0.2, 0) is 0 Å². The van der Waals surface area contributed by atoms with Crippen molar-refractivity contribution < 1.29 is 14.7 Å². The van der Waals surface area contributed by atoms with Crippen molar-refractivity contribution in [3.63, 3.8) is 0 Å². The molecule has 0 aliphatic heterocycles. The molecule has 1 aromatic heterocycles. The zero-order valence-electron chi connectivity index (χ0n) is 14.1. The van der Waals surface area contributed by atoms with Gasteiger partial charge in [0.05, 0.1) is 11.3 Å². The van der Waals surface area contributed by atoms with Crippen LogP contribution in [0.1, 0.15) is 26.3 Å². The molecule has 6 heteroatoms. The van der Waals surface area contributed by atoms with Crippen molar-refractivity contribution in [2.75, 3.05) is 5.32 Å². The lowest BCUT2D eigenvalue weighted by atomic mass is 10.1. The summed E-state index contributed by atoms with van der Waals surface area (Å²) in [7, 11) is 0. The summed E-state index contributed by atoms with van der Waals surface area (Å²) >= 11 is 6.06. The SMILES string of the molecule is O=C(O)c1ccc(/C=C/C(=O)c2ccc(Cl)cc2Nc2ccccn2)cc1. The molecule has 5 nitrogen and oxygen atoms in total. The quantitative estimate of drug-likeness (QED) is 0.462. The van der Waals surface area contributed by atoms with E-state index in [1.807, 2.05) is 6.07 Å². The van der Waals surface area contributed by atoms with Crippen molar-refractivity contribution in [3.8, 4) is 0 Å². The summed E-state index contributed by atoms with van der Waals surface area (Å²) in [4.78, 5) is 27.7. The third kappa shape index (κ3) is 4.80. The molecule has 0 aliphatic rings. The normalized spacial score (nSPS) is 10.7. The number of aromatic carboxylic acids is 1. The van der Waals surface area contributed by atoms with Gasteiger partial charge in [-0.25, -0.2) is 9.78 Å². The van der Waals surface area contributed by atoms with Crippen molar-refractivity contribution in [2.45, 2.75) is 0 Å². The molecule has 0 fully saturated rings. The number of carboxylic acid groups (broad SMARTS) is 1. The number of carbonyl (C=O) groups excluding carboxylic acids is 1.